The van der Waals surface area contributed by atoms with Gasteiger partial charge in [0.1, 0.15) is 22.9 Å². The second-order valence-electron chi connectivity index (χ2n) is 21.8. The van der Waals surface area contributed by atoms with E-state index in [1.165, 1.54) is 11.1 Å². The molecule has 4 amide bonds. The summed E-state index contributed by atoms with van der Waals surface area (Å²) in [4.78, 5) is 72.4. The highest BCUT2D eigenvalue weighted by atomic mass is 35.5. The first-order chi connectivity index (χ1) is 36.5. The molecule has 3 atom stereocenters. The lowest BCUT2D eigenvalue weighted by Crippen LogP contribution is -2.57. The fourth-order valence-corrected chi connectivity index (χ4v) is 11.9. The molecule has 2 saturated heterocycles. The topological polar surface area (TPSA) is 225 Å². The molecular formula is C57H74ClN9O8S2. The van der Waals surface area contributed by atoms with Crippen LogP contribution in [0.2, 0.25) is 5.02 Å². The molecule has 3 aromatic carbocycles. The number of piperidine rings is 1. The average Bonchev–Trinajstić information content (AvgIpc) is 4.01. The summed E-state index contributed by atoms with van der Waals surface area (Å²) in [6.07, 6.45) is 4.46. The molecule has 17 nitrogen and oxygen atoms in total. The van der Waals surface area contributed by atoms with Crippen LogP contribution in [0.5, 0.6) is 5.75 Å². The molecule has 0 unspecified atom stereocenters. The highest BCUT2D eigenvalue weighted by Crippen LogP contribution is 2.39. The van der Waals surface area contributed by atoms with Gasteiger partial charge in [-0.05, 0) is 125 Å². The quantitative estimate of drug-likeness (QED) is 0.0432. The molecule has 414 valence electrons. The Bertz CT molecular complexity index is 3010. The molecule has 77 heavy (non-hydrogen) atoms. The minimum Gasteiger partial charge on any atom is -0.489 e. The summed E-state index contributed by atoms with van der Waals surface area (Å²) in [6, 6.07) is 16.8. The van der Waals surface area contributed by atoms with Gasteiger partial charge in [0.2, 0.25) is 29.6 Å². The lowest BCUT2D eigenvalue weighted by atomic mass is 9.85. The number of anilines is 4. The van der Waals surface area contributed by atoms with E-state index in [0.29, 0.717) is 55.9 Å². The SMILES string of the molecule is Cc1cc(Nc2ncc(Cl)c(Nc3ccccc3S(=O)(=O)C(C)C)n2)c(OC(C)C)cc1C1CCN(C(=O)CCCCCC(=O)N[C@@H](C(=O)N2C[C@H](O)C[C@H]2C(=O)NCc2ccc(-c3scnc3C)cc2)C(C)(C)C)CC1. The van der Waals surface area contributed by atoms with E-state index >= 15 is 0 Å². The minimum atomic E-state index is -3.61. The maximum atomic E-state index is 14.1. The van der Waals surface area contributed by atoms with Gasteiger partial charge in [-0.1, -0.05) is 75.2 Å². The molecule has 20 heteroatoms. The Hall–Kier alpha value is -6.15. The molecule has 5 N–H and O–H groups in total. The number of aliphatic hydroxyl groups excluding tert-OH is 1. The number of aryl methyl sites for hydroxylation is 2. The van der Waals surface area contributed by atoms with Crippen molar-refractivity contribution in [1.82, 2.24) is 35.4 Å². The first-order valence-corrected chi connectivity index (χ1v) is 29.3. The fraction of sp³-hybridized carbons (Fsp3) is 0.491. The molecule has 0 bridgehead atoms. The van der Waals surface area contributed by atoms with Gasteiger partial charge in [-0.2, -0.15) is 4.98 Å². The summed E-state index contributed by atoms with van der Waals surface area (Å²) in [6.45, 7) is 18.2. The van der Waals surface area contributed by atoms with Crippen molar-refractivity contribution in [3.8, 4) is 16.2 Å². The van der Waals surface area contributed by atoms with Gasteiger partial charge in [0.25, 0.3) is 0 Å². The Morgan fingerprint density at radius 2 is 1.61 bits per heavy atom. The third-order valence-electron chi connectivity index (χ3n) is 14.1. The molecule has 2 aliphatic heterocycles. The number of sulfone groups is 1. The van der Waals surface area contributed by atoms with E-state index in [2.05, 4.69) is 42.3 Å². The van der Waals surface area contributed by atoms with Crippen molar-refractivity contribution in [2.45, 2.75) is 161 Å². The van der Waals surface area contributed by atoms with Crippen LogP contribution in [0.15, 0.2) is 77.3 Å². The number of para-hydroxylation sites is 1. The Morgan fingerprint density at radius 3 is 2.27 bits per heavy atom. The van der Waals surface area contributed by atoms with Crippen LogP contribution in [0, 0.1) is 19.3 Å². The van der Waals surface area contributed by atoms with E-state index < -0.39 is 44.6 Å². The fourth-order valence-electron chi connectivity index (χ4n) is 9.78. The summed E-state index contributed by atoms with van der Waals surface area (Å²) in [7, 11) is -3.61. The average molecular weight is 1110 g/mol. The Kier molecular flexibility index (Phi) is 19.4. The third-order valence-corrected chi connectivity index (χ3v) is 17.5. The Labute approximate surface area is 462 Å². The van der Waals surface area contributed by atoms with E-state index in [1.54, 1.807) is 49.4 Å². The highest BCUT2D eigenvalue weighted by molar-refractivity contribution is 7.92. The second-order valence-corrected chi connectivity index (χ2v) is 25.5. The number of hydrogen-bond donors (Lipinski definition) is 5. The number of nitrogens with one attached hydrogen (secondary N) is 4. The van der Waals surface area contributed by atoms with Crippen molar-refractivity contribution >= 4 is 79.5 Å². The number of unbranched alkanes of at least 4 members (excludes halogenated alkanes) is 2. The van der Waals surface area contributed by atoms with E-state index in [9.17, 15) is 32.7 Å². The number of thiazole rings is 1. The largest absolute Gasteiger partial charge is 0.489 e. The monoisotopic (exact) mass is 1110 g/mol. The van der Waals surface area contributed by atoms with E-state index in [4.69, 9.17) is 16.3 Å². The van der Waals surface area contributed by atoms with Gasteiger partial charge >= 0.3 is 0 Å². The zero-order chi connectivity index (χ0) is 55.8. The number of carbonyl (C=O) groups is 4. The molecule has 0 aliphatic carbocycles. The van der Waals surface area contributed by atoms with Crippen molar-refractivity contribution in [3.05, 3.63) is 99.8 Å². The first kappa shape index (κ1) is 58.5. The van der Waals surface area contributed by atoms with Gasteiger partial charge in [0.15, 0.2) is 15.7 Å². The van der Waals surface area contributed by atoms with Crippen LogP contribution in [0.25, 0.3) is 10.4 Å². The zero-order valence-corrected chi connectivity index (χ0v) is 48.0. The van der Waals surface area contributed by atoms with Crippen LogP contribution in [0.1, 0.15) is 128 Å². The molecule has 2 fully saturated rings. The van der Waals surface area contributed by atoms with Crippen molar-refractivity contribution in [2.75, 3.05) is 30.3 Å². The number of amides is 4. The number of halogens is 1. The van der Waals surface area contributed by atoms with Crippen LogP contribution < -0.4 is 26.0 Å². The zero-order valence-electron chi connectivity index (χ0n) is 45.6. The summed E-state index contributed by atoms with van der Waals surface area (Å²) < 4.78 is 32.6. The number of benzene rings is 3. The normalized spacial score (nSPS) is 16.6. The lowest BCUT2D eigenvalue weighted by molar-refractivity contribution is -0.144. The molecular weight excluding hydrogens is 1040 g/mol. The summed E-state index contributed by atoms with van der Waals surface area (Å²) in [5.74, 6) is 0.296. The first-order valence-electron chi connectivity index (χ1n) is 26.5. The van der Waals surface area contributed by atoms with Crippen LogP contribution in [0.4, 0.5) is 23.1 Å². The maximum Gasteiger partial charge on any atom is 0.246 e. The van der Waals surface area contributed by atoms with Crippen LogP contribution in [-0.2, 0) is 35.6 Å². The smallest absolute Gasteiger partial charge is 0.246 e. The number of rotatable bonds is 21. The van der Waals surface area contributed by atoms with Crippen LogP contribution in [-0.4, -0.2) is 111 Å². The number of hydrogen-bond acceptors (Lipinski definition) is 14. The predicted octanol–water partition coefficient (Wildman–Crippen LogP) is 9.79. The summed E-state index contributed by atoms with van der Waals surface area (Å²) >= 11 is 8.10. The van der Waals surface area contributed by atoms with Crippen molar-refractivity contribution in [2.24, 2.45) is 5.41 Å². The van der Waals surface area contributed by atoms with Gasteiger partial charge in [-0.15, -0.1) is 11.3 Å². The molecule has 5 aromatic rings. The number of nitrogens with zero attached hydrogens (tertiary/aromatic N) is 5. The second kappa shape index (κ2) is 25.5. The lowest BCUT2D eigenvalue weighted by Gasteiger charge is -2.35. The van der Waals surface area contributed by atoms with E-state index in [1.807, 2.05) is 89.2 Å². The molecule has 7 rings (SSSR count). The minimum absolute atomic E-state index is 0.00874. The van der Waals surface area contributed by atoms with Gasteiger partial charge in [-0.25, -0.2) is 18.4 Å². The molecule has 2 aliphatic rings. The Balaban J connectivity index is 0.871. The third kappa shape index (κ3) is 14.9. The van der Waals surface area contributed by atoms with Gasteiger partial charge < -0.3 is 40.9 Å². The molecule has 0 radical (unpaired) electrons. The standard InChI is InChI=1S/C57H74ClN9O8S2/c1-34(2)75-47-29-42(36(5)27-45(47)63-56-60-31-43(58)53(65-56)62-44-15-13-14-16-48(44)77(73,74)35(3)4)39-23-25-66(26-24-39)50(70)18-12-10-11-17-49(69)64-52(57(7,8)9)55(72)67-32-41(68)28-46(67)54(71)59-30-38-19-21-40(22-20-38)51-37(6)61-33-76-51/h13-16,19-22,27,29,31,33-35,39,41,46,52,68H,10-12,17-18,23-26,28,30,32H2,1-9H3,(H,59,71)(H,64,69)(H2,60,62,63,65)/t41-,46+,52+/m1/s1. The van der Waals surface area contributed by atoms with Crippen LogP contribution in [0.3, 0.4) is 0 Å². The molecule has 0 spiro atoms. The summed E-state index contributed by atoms with van der Waals surface area (Å²) in [5, 5.41) is 22.5. The number of carbonyl (C=O) groups excluding carboxylic acids is 4. The van der Waals surface area contributed by atoms with Crippen molar-refractivity contribution < 1.29 is 37.4 Å². The number of aliphatic hydroxyl groups is 1. The van der Waals surface area contributed by atoms with Crippen molar-refractivity contribution in [1.29, 1.82) is 0 Å². The Morgan fingerprint density at radius 1 is 0.909 bits per heavy atom. The van der Waals surface area contributed by atoms with E-state index in [0.717, 1.165) is 45.7 Å². The number of ether oxygens (including phenoxy) is 1. The maximum absolute atomic E-state index is 14.1. The van der Waals surface area contributed by atoms with Crippen molar-refractivity contribution in [3.63, 3.8) is 0 Å². The van der Waals surface area contributed by atoms with E-state index in [-0.39, 0.29) is 77.4 Å². The molecule has 2 aromatic heterocycles. The van der Waals surface area contributed by atoms with Gasteiger partial charge in [0, 0.05) is 45.4 Å². The number of β-amino-alcohol motifs (C(OH)–C–C–N with tert-alkyl or cyclic N) is 1. The van der Waals surface area contributed by atoms with Gasteiger partial charge in [-0.3, -0.25) is 19.2 Å². The predicted molar refractivity (Wildman–Crippen MR) is 303 cm³/mol. The van der Waals surface area contributed by atoms with Crippen LogP contribution >= 0.6 is 22.9 Å². The van der Waals surface area contributed by atoms with Gasteiger partial charge in [0.05, 0.1) is 56.0 Å². The number of likely N-dealkylation sites (tertiary alicyclic amines) is 2. The highest BCUT2D eigenvalue weighted by Gasteiger charge is 2.44. The number of aromatic nitrogens is 3. The molecule has 4 heterocycles. The summed E-state index contributed by atoms with van der Waals surface area (Å²) in [5.41, 5.74) is 7.20. The molecule has 0 saturated carbocycles.